The van der Waals surface area contributed by atoms with Crippen molar-refractivity contribution in [3.63, 3.8) is 0 Å². The van der Waals surface area contributed by atoms with Crippen LogP contribution in [0.2, 0.25) is 0 Å². The molecule has 1 aromatic rings. The van der Waals surface area contributed by atoms with E-state index in [4.69, 9.17) is 0 Å². The first kappa shape index (κ1) is 14.0. The second-order valence-corrected chi connectivity index (χ2v) is 5.37. The summed E-state index contributed by atoms with van der Waals surface area (Å²) in [5.74, 6) is 0.0704. The maximum absolute atomic E-state index is 12.3. The fourth-order valence-electron chi connectivity index (χ4n) is 2.41. The average molecular weight is 261 g/mol. The molecular weight excluding hydrogens is 238 g/mol. The lowest BCUT2D eigenvalue weighted by molar-refractivity contribution is -0.121. The number of rotatable bonds is 2. The molecule has 1 heterocycles. The molecule has 0 aliphatic carbocycles. The molecule has 0 saturated carbocycles. The number of nitrogens with zero attached hydrogens (tertiary/aromatic N) is 1. The highest BCUT2D eigenvalue weighted by Gasteiger charge is 2.26. The van der Waals surface area contributed by atoms with Crippen molar-refractivity contribution in [2.45, 2.75) is 26.8 Å². The van der Waals surface area contributed by atoms with Gasteiger partial charge in [-0.2, -0.15) is 0 Å². The standard InChI is InChI=1S/C15H23N3O/c1-10-5-6-13(12(3)11(10)2)17-15(19)14-9-16-7-8-18(14)4/h5-6,14,16H,7-9H2,1-4H3,(H,17,19). The minimum Gasteiger partial charge on any atom is -0.324 e. The first-order chi connectivity index (χ1) is 9.00. The Morgan fingerprint density at radius 1 is 1.32 bits per heavy atom. The van der Waals surface area contributed by atoms with E-state index in [1.165, 1.54) is 11.1 Å². The molecular formula is C15H23N3O. The minimum absolute atomic E-state index is 0.0704. The van der Waals surface area contributed by atoms with Crippen LogP contribution in [0.1, 0.15) is 16.7 Å². The van der Waals surface area contributed by atoms with E-state index in [0.29, 0.717) is 6.54 Å². The maximum Gasteiger partial charge on any atom is 0.243 e. The minimum atomic E-state index is -0.0882. The van der Waals surface area contributed by atoms with Gasteiger partial charge in [0, 0.05) is 25.3 Å². The SMILES string of the molecule is Cc1ccc(NC(=O)C2CNCCN2C)c(C)c1C. The molecule has 0 aromatic heterocycles. The van der Waals surface area contributed by atoms with Gasteiger partial charge < -0.3 is 10.6 Å². The van der Waals surface area contributed by atoms with Gasteiger partial charge in [-0.15, -0.1) is 0 Å². The fourth-order valence-corrected chi connectivity index (χ4v) is 2.41. The second kappa shape index (κ2) is 5.72. The summed E-state index contributed by atoms with van der Waals surface area (Å²) in [7, 11) is 2.00. The number of benzene rings is 1. The van der Waals surface area contributed by atoms with Crippen LogP contribution in [0.4, 0.5) is 5.69 Å². The Bertz CT molecular complexity index is 485. The van der Waals surface area contributed by atoms with Crippen molar-refractivity contribution in [1.29, 1.82) is 0 Å². The summed E-state index contributed by atoms with van der Waals surface area (Å²) in [5, 5.41) is 6.32. The smallest absolute Gasteiger partial charge is 0.243 e. The molecule has 19 heavy (non-hydrogen) atoms. The number of aryl methyl sites for hydroxylation is 1. The molecule has 1 atom stereocenters. The van der Waals surface area contributed by atoms with Crippen LogP contribution >= 0.6 is 0 Å². The van der Waals surface area contributed by atoms with Crippen LogP contribution in [0.25, 0.3) is 0 Å². The van der Waals surface area contributed by atoms with Crippen molar-refractivity contribution < 1.29 is 4.79 Å². The van der Waals surface area contributed by atoms with Gasteiger partial charge in [0.1, 0.15) is 6.04 Å². The van der Waals surface area contributed by atoms with Crippen LogP contribution in [0.5, 0.6) is 0 Å². The van der Waals surface area contributed by atoms with Crippen molar-refractivity contribution in [2.75, 3.05) is 32.0 Å². The average Bonchev–Trinajstić information content (AvgIpc) is 2.40. The monoisotopic (exact) mass is 261 g/mol. The summed E-state index contributed by atoms with van der Waals surface area (Å²) >= 11 is 0. The number of amides is 1. The largest absolute Gasteiger partial charge is 0.324 e. The maximum atomic E-state index is 12.3. The van der Waals surface area contributed by atoms with Crippen LogP contribution in [0.3, 0.4) is 0 Å². The van der Waals surface area contributed by atoms with Gasteiger partial charge in [0.25, 0.3) is 0 Å². The van der Waals surface area contributed by atoms with Crippen LogP contribution in [0, 0.1) is 20.8 Å². The van der Waals surface area contributed by atoms with E-state index >= 15 is 0 Å². The van der Waals surface area contributed by atoms with Crippen molar-refractivity contribution in [2.24, 2.45) is 0 Å². The molecule has 1 fully saturated rings. The Hall–Kier alpha value is -1.39. The molecule has 1 aliphatic heterocycles. The Morgan fingerprint density at radius 2 is 2.05 bits per heavy atom. The zero-order valence-corrected chi connectivity index (χ0v) is 12.2. The first-order valence-corrected chi connectivity index (χ1v) is 6.79. The van der Waals surface area contributed by atoms with E-state index in [1.54, 1.807) is 0 Å². The van der Waals surface area contributed by atoms with Gasteiger partial charge in [0.15, 0.2) is 0 Å². The predicted molar refractivity (Wildman–Crippen MR) is 78.6 cm³/mol. The second-order valence-electron chi connectivity index (χ2n) is 5.37. The van der Waals surface area contributed by atoms with Gasteiger partial charge in [-0.05, 0) is 50.6 Å². The number of hydrogen-bond donors (Lipinski definition) is 2. The highest BCUT2D eigenvalue weighted by Crippen LogP contribution is 2.22. The number of anilines is 1. The summed E-state index contributed by atoms with van der Waals surface area (Å²) in [6.45, 7) is 8.81. The summed E-state index contributed by atoms with van der Waals surface area (Å²) in [6, 6.07) is 3.96. The molecule has 1 saturated heterocycles. The zero-order valence-electron chi connectivity index (χ0n) is 12.2. The number of carbonyl (C=O) groups excluding carboxylic acids is 1. The molecule has 4 heteroatoms. The number of nitrogens with one attached hydrogen (secondary N) is 2. The molecule has 0 radical (unpaired) electrons. The Balaban J connectivity index is 2.12. The molecule has 4 nitrogen and oxygen atoms in total. The topological polar surface area (TPSA) is 44.4 Å². The lowest BCUT2D eigenvalue weighted by Gasteiger charge is -2.32. The highest BCUT2D eigenvalue weighted by molar-refractivity contribution is 5.95. The van der Waals surface area contributed by atoms with E-state index in [-0.39, 0.29) is 11.9 Å². The fraction of sp³-hybridized carbons (Fsp3) is 0.533. The quantitative estimate of drug-likeness (QED) is 0.847. The van der Waals surface area contributed by atoms with Crippen molar-refractivity contribution in [3.05, 3.63) is 28.8 Å². The van der Waals surface area contributed by atoms with Gasteiger partial charge in [0.05, 0.1) is 0 Å². The molecule has 2 N–H and O–H groups in total. The van der Waals surface area contributed by atoms with Crippen LogP contribution in [0.15, 0.2) is 12.1 Å². The molecule has 1 amide bonds. The lowest BCUT2D eigenvalue weighted by Crippen LogP contribution is -2.54. The highest BCUT2D eigenvalue weighted by atomic mass is 16.2. The van der Waals surface area contributed by atoms with Crippen molar-refractivity contribution >= 4 is 11.6 Å². The van der Waals surface area contributed by atoms with Gasteiger partial charge in [-0.1, -0.05) is 6.07 Å². The van der Waals surface area contributed by atoms with Crippen LogP contribution in [-0.2, 0) is 4.79 Å². The third kappa shape index (κ3) is 2.96. The number of likely N-dealkylation sites (N-methyl/N-ethyl adjacent to an activating group) is 1. The van der Waals surface area contributed by atoms with E-state index in [1.807, 2.05) is 13.1 Å². The van der Waals surface area contributed by atoms with Crippen molar-refractivity contribution in [1.82, 2.24) is 10.2 Å². The molecule has 1 aromatic carbocycles. The van der Waals surface area contributed by atoms with Crippen LogP contribution in [-0.4, -0.2) is 43.5 Å². The van der Waals surface area contributed by atoms with E-state index in [0.717, 1.165) is 24.3 Å². The third-order valence-corrected chi connectivity index (χ3v) is 4.13. The molecule has 104 valence electrons. The summed E-state index contributed by atoms with van der Waals surface area (Å²) in [4.78, 5) is 14.4. The third-order valence-electron chi connectivity index (χ3n) is 4.13. The number of piperazine rings is 1. The molecule has 0 spiro atoms. The first-order valence-electron chi connectivity index (χ1n) is 6.79. The van der Waals surface area contributed by atoms with Gasteiger partial charge in [0.2, 0.25) is 5.91 Å². The number of hydrogen-bond acceptors (Lipinski definition) is 3. The van der Waals surface area contributed by atoms with E-state index in [2.05, 4.69) is 42.4 Å². The van der Waals surface area contributed by atoms with E-state index in [9.17, 15) is 4.79 Å². The van der Waals surface area contributed by atoms with Crippen LogP contribution < -0.4 is 10.6 Å². The van der Waals surface area contributed by atoms with Gasteiger partial charge >= 0.3 is 0 Å². The summed E-state index contributed by atoms with van der Waals surface area (Å²) in [6.07, 6.45) is 0. The van der Waals surface area contributed by atoms with Gasteiger partial charge in [-0.3, -0.25) is 9.69 Å². The summed E-state index contributed by atoms with van der Waals surface area (Å²) < 4.78 is 0. The molecule has 1 unspecified atom stereocenters. The molecule has 0 bridgehead atoms. The van der Waals surface area contributed by atoms with Gasteiger partial charge in [-0.25, -0.2) is 0 Å². The Labute approximate surface area is 115 Å². The molecule has 2 rings (SSSR count). The summed E-state index contributed by atoms with van der Waals surface area (Å²) in [5.41, 5.74) is 4.58. The zero-order chi connectivity index (χ0) is 14.0. The Morgan fingerprint density at radius 3 is 2.74 bits per heavy atom. The van der Waals surface area contributed by atoms with Crippen molar-refractivity contribution in [3.8, 4) is 0 Å². The lowest BCUT2D eigenvalue weighted by atomic mass is 10.0. The Kier molecular flexibility index (Phi) is 4.22. The normalized spacial score (nSPS) is 20.3. The predicted octanol–water partition coefficient (Wildman–Crippen LogP) is 1.45. The molecule has 1 aliphatic rings. The number of carbonyl (C=O) groups is 1. The van der Waals surface area contributed by atoms with E-state index < -0.39 is 0 Å².